The molecule has 2 aliphatic carbocycles. The van der Waals surface area contributed by atoms with E-state index in [4.69, 9.17) is 14.2 Å². The molecule has 0 aliphatic heterocycles. The van der Waals surface area contributed by atoms with Gasteiger partial charge in [0.05, 0.1) is 26.7 Å². The van der Waals surface area contributed by atoms with Crippen LogP contribution in [-0.4, -0.2) is 27.3 Å². The first-order valence-electron chi connectivity index (χ1n) is 12.2. The number of carbonyl (C=O) groups excluding carboxylic acids is 1. The summed E-state index contributed by atoms with van der Waals surface area (Å²) in [4.78, 5) is 12.8. The molecule has 0 heterocycles. The van der Waals surface area contributed by atoms with Crippen molar-refractivity contribution in [2.24, 2.45) is 22.7 Å². The highest BCUT2D eigenvalue weighted by Crippen LogP contribution is 2.62. The van der Waals surface area contributed by atoms with E-state index in [1.165, 1.54) is 18.2 Å². The van der Waals surface area contributed by atoms with Crippen molar-refractivity contribution in [2.75, 3.05) is 21.3 Å². The summed E-state index contributed by atoms with van der Waals surface area (Å²) >= 11 is 0. The number of ether oxygens (including phenoxy) is 3. The maximum atomic E-state index is 12.8. The molecule has 2 saturated carbocycles. The molecule has 0 N–H and O–H groups in total. The largest absolute Gasteiger partial charge is 0.496 e. The smallest absolute Gasteiger partial charge is 0.311 e. The topological polar surface area (TPSA) is 44.8 Å². The third-order valence-corrected chi connectivity index (χ3v) is 8.83. The molecule has 0 amide bonds. The van der Waals surface area contributed by atoms with E-state index in [0.29, 0.717) is 11.8 Å². The number of rotatable bonds is 6. The molecule has 2 aliphatic rings. The summed E-state index contributed by atoms with van der Waals surface area (Å²) < 4.78 is 16.5. The number of hydrogen-bond donors (Lipinski definition) is 0. The zero-order valence-corrected chi connectivity index (χ0v) is 20.8. The van der Waals surface area contributed by atoms with Crippen LogP contribution < -0.4 is 9.47 Å². The maximum Gasteiger partial charge on any atom is 0.311 e. The number of methoxy groups -OCH3 is 3. The van der Waals surface area contributed by atoms with E-state index in [1.54, 1.807) is 14.2 Å². The Kier molecular flexibility index (Phi) is 6.48. The molecule has 4 heteroatoms. The Balaban J connectivity index is 1.61. The fourth-order valence-electron chi connectivity index (χ4n) is 7.12. The van der Waals surface area contributed by atoms with Gasteiger partial charge in [-0.15, -0.1) is 0 Å². The van der Waals surface area contributed by atoms with E-state index in [-0.39, 0.29) is 11.4 Å². The quantitative estimate of drug-likeness (QED) is 0.361. The Morgan fingerprint density at radius 2 is 1.73 bits per heavy atom. The molecule has 0 radical (unpaired) electrons. The molecule has 178 valence electrons. The molecular formula is C29H38O4. The first-order valence-corrected chi connectivity index (χ1v) is 12.2. The van der Waals surface area contributed by atoms with Gasteiger partial charge in [-0.3, -0.25) is 4.79 Å². The number of hydrogen-bond acceptors (Lipinski definition) is 4. The lowest BCUT2D eigenvalue weighted by atomic mass is 9.46. The van der Waals surface area contributed by atoms with Gasteiger partial charge in [-0.25, -0.2) is 0 Å². The summed E-state index contributed by atoms with van der Waals surface area (Å²) in [6, 6.07) is 10.5. The Morgan fingerprint density at radius 3 is 2.39 bits per heavy atom. The van der Waals surface area contributed by atoms with Gasteiger partial charge < -0.3 is 14.2 Å². The number of allylic oxidation sites excluding steroid dienone is 1. The summed E-state index contributed by atoms with van der Waals surface area (Å²) in [5.74, 6) is 2.42. The first kappa shape index (κ1) is 23.7. The Hall–Kier alpha value is -2.49. The molecule has 4 atom stereocenters. The van der Waals surface area contributed by atoms with Gasteiger partial charge in [-0.1, -0.05) is 37.6 Å². The average Bonchev–Trinajstić information content (AvgIpc) is 2.81. The lowest BCUT2D eigenvalue weighted by molar-refractivity contribution is -0.168. The highest BCUT2D eigenvalue weighted by atomic mass is 16.5. The minimum atomic E-state index is -0.395. The minimum absolute atomic E-state index is 0.0414. The monoisotopic (exact) mass is 450 g/mol. The normalized spacial score (nSPS) is 29.4. The van der Waals surface area contributed by atoms with Gasteiger partial charge in [0.1, 0.15) is 11.5 Å². The molecule has 4 rings (SSSR count). The van der Waals surface area contributed by atoms with Gasteiger partial charge in [-0.05, 0) is 86.5 Å². The molecule has 0 unspecified atom stereocenters. The summed E-state index contributed by atoms with van der Waals surface area (Å²) in [6.45, 7) is 9.04. The number of esters is 1. The van der Waals surface area contributed by atoms with Crippen molar-refractivity contribution in [3.05, 3.63) is 48.0 Å². The third-order valence-electron chi connectivity index (χ3n) is 8.83. The van der Waals surface area contributed by atoms with Crippen molar-refractivity contribution >= 4 is 16.7 Å². The van der Waals surface area contributed by atoms with Crippen LogP contribution in [0.25, 0.3) is 10.8 Å². The van der Waals surface area contributed by atoms with Crippen molar-refractivity contribution in [1.29, 1.82) is 0 Å². The second-order valence-electron chi connectivity index (χ2n) is 10.5. The fourth-order valence-corrected chi connectivity index (χ4v) is 7.12. The summed E-state index contributed by atoms with van der Waals surface area (Å²) in [5.41, 5.74) is 2.32. The molecule has 0 spiro atoms. The SMILES string of the molecule is C=C1CC[C@@H]2[C@](C)(CCC[C@]2(C)C(=O)OC)[C@H]1CCc1ccc2c(OC)ccc(OC)c2c1. The van der Waals surface area contributed by atoms with E-state index < -0.39 is 5.41 Å². The Morgan fingerprint density at radius 1 is 1.03 bits per heavy atom. The van der Waals surface area contributed by atoms with Crippen LogP contribution in [0.4, 0.5) is 0 Å². The predicted molar refractivity (Wildman–Crippen MR) is 133 cm³/mol. The predicted octanol–water partition coefficient (Wildman–Crippen LogP) is 6.74. The van der Waals surface area contributed by atoms with Gasteiger partial charge in [0.2, 0.25) is 0 Å². The van der Waals surface area contributed by atoms with Gasteiger partial charge in [0.15, 0.2) is 0 Å². The zero-order chi connectivity index (χ0) is 23.8. The lowest BCUT2D eigenvalue weighted by Gasteiger charge is -2.57. The van der Waals surface area contributed by atoms with E-state index in [0.717, 1.165) is 67.2 Å². The van der Waals surface area contributed by atoms with Gasteiger partial charge in [-0.2, -0.15) is 0 Å². The van der Waals surface area contributed by atoms with Crippen LogP contribution >= 0.6 is 0 Å². The molecule has 0 saturated heterocycles. The van der Waals surface area contributed by atoms with Crippen molar-refractivity contribution in [2.45, 2.75) is 58.8 Å². The van der Waals surface area contributed by atoms with Crippen LogP contribution in [0.3, 0.4) is 0 Å². The molecular weight excluding hydrogens is 412 g/mol. The number of carbonyl (C=O) groups is 1. The summed E-state index contributed by atoms with van der Waals surface area (Å²) in [6.07, 6.45) is 7.18. The highest BCUT2D eigenvalue weighted by molar-refractivity contribution is 5.93. The Bertz CT molecular complexity index is 1060. The van der Waals surface area contributed by atoms with Crippen molar-refractivity contribution in [3.8, 4) is 11.5 Å². The van der Waals surface area contributed by atoms with E-state index in [1.807, 2.05) is 12.1 Å². The number of aryl methyl sites for hydroxylation is 1. The molecule has 0 bridgehead atoms. The van der Waals surface area contributed by atoms with Crippen molar-refractivity contribution in [3.63, 3.8) is 0 Å². The third kappa shape index (κ3) is 3.92. The molecule has 2 aromatic carbocycles. The number of fused-ring (bicyclic) bond motifs is 2. The molecule has 33 heavy (non-hydrogen) atoms. The second-order valence-corrected chi connectivity index (χ2v) is 10.5. The van der Waals surface area contributed by atoms with Crippen LogP contribution in [-0.2, 0) is 16.0 Å². The lowest BCUT2D eigenvalue weighted by Crippen LogP contribution is -2.53. The molecule has 2 aromatic rings. The van der Waals surface area contributed by atoms with Gasteiger partial charge in [0, 0.05) is 10.8 Å². The fraction of sp³-hybridized carbons (Fsp3) is 0.552. The first-order chi connectivity index (χ1) is 15.8. The van der Waals surface area contributed by atoms with Gasteiger partial charge >= 0.3 is 5.97 Å². The van der Waals surface area contributed by atoms with Crippen molar-refractivity contribution in [1.82, 2.24) is 0 Å². The summed E-state index contributed by atoms with van der Waals surface area (Å²) in [5, 5.41) is 2.15. The van der Waals surface area contributed by atoms with E-state index in [9.17, 15) is 4.79 Å². The van der Waals surface area contributed by atoms with Crippen LogP contribution in [0.1, 0.15) is 57.9 Å². The Labute approximate surface area is 198 Å². The zero-order valence-electron chi connectivity index (χ0n) is 20.8. The molecule has 0 aromatic heterocycles. The number of benzene rings is 2. The van der Waals surface area contributed by atoms with E-state index >= 15 is 0 Å². The van der Waals surface area contributed by atoms with Crippen LogP contribution in [0.2, 0.25) is 0 Å². The standard InChI is InChI=1S/C29H38O4/c1-19-8-15-26-28(2,16-7-17-29(26,3)27(30)33-6)23(19)12-10-20-9-11-21-22(18-20)25(32-5)14-13-24(21)31-4/h9,11,13-14,18,23,26H,1,7-8,10,12,15-17H2,2-6H3/t23-,26+,28+,29-/m0/s1. The average molecular weight is 451 g/mol. The summed E-state index contributed by atoms with van der Waals surface area (Å²) in [7, 11) is 4.94. The minimum Gasteiger partial charge on any atom is -0.496 e. The van der Waals surface area contributed by atoms with Crippen molar-refractivity contribution < 1.29 is 19.0 Å². The second kappa shape index (κ2) is 9.04. The van der Waals surface area contributed by atoms with Crippen LogP contribution in [0.15, 0.2) is 42.5 Å². The van der Waals surface area contributed by atoms with Crippen LogP contribution in [0.5, 0.6) is 11.5 Å². The van der Waals surface area contributed by atoms with Crippen LogP contribution in [0, 0.1) is 22.7 Å². The molecule has 2 fully saturated rings. The highest BCUT2D eigenvalue weighted by Gasteiger charge is 2.57. The molecule has 4 nitrogen and oxygen atoms in total. The van der Waals surface area contributed by atoms with E-state index in [2.05, 4.69) is 38.6 Å². The maximum absolute atomic E-state index is 12.8. The van der Waals surface area contributed by atoms with Gasteiger partial charge in [0.25, 0.3) is 0 Å².